The summed E-state index contributed by atoms with van der Waals surface area (Å²) < 4.78 is 5.48. The Morgan fingerprint density at radius 1 is 0.962 bits per heavy atom. The molecule has 0 atom stereocenters. The average molecular weight is 369 g/mol. The number of amides is 1. The van der Waals surface area contributed by atoms with Gasteiger partial charge in [-0.3, -0.25) is 14.6 Å². The number of benzene rings is 2. The van der Waals surface area contributed by atoms with Crippen molar-refractivity contribution in [1.82, 2.24) is 10.5 Å². The molecule has 1 heterocycles. The molecule has 0 spiro atoms. The van der Waals surface area contributed by atoms with E-state index in [-0.39, 0.29) is 12.5 Å². The van der Waals surface area contributed by atoms with Crippen LogP contribution in [0.15, 0.2) is 73.1 Å². The van der Waals surface area contributed by atoms with Gasteiger partial charge in [0.1, 0.15) is 19.0 Å². The summed E-state index contributed by atoms with van der Waals surface area (Å²) in [4.78, 5) is 21.5. The Labute approximate surface area is 156 Å². The minimum atomic E-state index is -0.368. The number of para-hydroxylation sites is 1. The highest BCUT2D eigenvalue weighted by Gasteiger charge is 2.08. The van der Waals surface area contributed by atoms with E-state index in [1.807, 2.05) is 42.5 Å². The summed E-state index contributed by atoms with van der Waals surface area (Å²) in [6.45, 7) is 0.554. The van der Waals surface area contributed by atoms with Gasteiger partial charge in [-0.2, -0.15) is 0 Å². The number of hydroxylamine groups is 1. The SMILES string of the molecule is O=C(NOCCOc1ccccc1)c1cncc(-c2ccc(Cl)cc2)c1. The summed E-state index contributed by atoms with van der Waals surface area (Å²) in [6, 6.07) is 18.5. The highest BCUT2D eigenvalue weighted by atomic mass is 35.5. The van der Waals surface area contributed by atoms with Crippen molar-refractivity contribution in [1.29, 1.82) is 0 Å². The molecule has 3 aromatic rings. The number of carbonyl (C=O) groups excluding carboxylic acids is 1. The molecule has 0 unspecified atom stereocenters. The first-order valence-corrected chi connectivity index (χ1v) is 8.41. The van der Waals surface area contributed by atoms with Crippen LogP contribution in [0.25, 0.3) is 11.1 Å². The molecule has 0 aliphatic heterocycles. The fourth-order valence-corrected chi connectivity index (χ4v) is 2.38. The lowest BCUT2D eigenvalue weighted by Gasteiger charge is -2.08. The lowest BCUT2D eigenvalue weighted by molar-refractivity contribution is 0.0200. The number of pyridine rings is 1. The van der Waals surface area contributed by atoms with Crippen LogP contribution in [0.4, 0.5) is 0 Å². The molecule has 132 valence electrons. The van der Waals surface area contributed by atoms with Gasteiger partial charge in [-0.05, 0) is 35.9 Å². The first-order chi connectivity index (χ1) is 12.7. The number of hydrogen-bond donors (Lipinski definition) is 1. The van der Waals surface area contributed by atoms with E-state index in [0.29, 0.717) is 17.2 Å². The number of rotatable bonds is 7. The van der Waals surface area contributed by atoms with Crippen molar-refractivity contribution in [3.05, 3.63) is 83.6 Å². The summed E-state index contributed by atoms with van der Waals surface area (Å²) in [5.41, 5.74) is 4.54. The third-order valence-corrected chi connectivity index (χ3v) is 3.79. The highest BCUT2D eigenvalue weighted by Crippen LogP contribution is 2.21. The van der Waals surface area contributed by atoms with Crippen molar-refractivity contribution in [3.8, 4) is 16.9 Å². The van der Waals surface area contributed by atoms with Crippen molar-refractivity contribution in [2.45, 2.75) is 0 Å². The molecule has 0 saturated carbocycles. The number of nitrogens with zero attached hydrogens (tertiary/aromatic N) is 1. The second-order valence-electron chi connectivity index (χ2n) is 5.41. The molecular formula is C20H17ClN2O3. The van der Waals surface area contributed by atoms with Gasteiger partial charge in [0.25, 0.3) is 5.91 Å². The Morgan fingerprint density at radius 3 is 2.50 bits per heavy atom. The molecule has 0 radical (unpaired) electrons. The third-order valence-electron chi connectivity index (χ3n) is 3.54. The molecule has 5 nitrogen and oxygen atoms in total. The monoisotopic (exact) mass is 368 g/mol. The van der Waals surface area contributed by atoms with Crippen molar-refractivity contribution >= 4 is 17.5 Å². The Balaban J connectivity index is 1.50. The van der Waals surface area contributed by atoms with Gasteiger partial charge in [0.05, 0.1) is 5.56 Å². The Morgan fingerprint density at radius 2 is 1.73 bits per heavy atom. The maximum Gasteiger partial charge on any atom is 0.276 e. The summed E-state index contributed by atoms with van der Waals surface area (Å²) in [6.07, 6.45) is 3.17. The quantitative estimate of drug-likeness (QED) is 0.503. The van der Waals surface area contributed by atoms with Gasteiger partial charge in [-0.15, -0.1) is 0 Å². The summed E-state index contributed by atoms with van der Waals surface area (Å²) in [5.74, 6) is 0.385. The van der Waals surface area contributed by atoms with Crippen LogP contribution in [0.3, 0.4) is 0 Å². The largest absolute Gasteiger partial charge is 0.491 e. The molecule has 26 heavy (non-hydrogen) atoms. The maximum absolute atomic E-state index is 12.2. The second-order valence-corrected chi connectivity index (χ2v) is 5.85. The molecule has 1 N–H and O–H groups in total. The minimum Gasteiger partial charge on any atom is -0.491 e. The van der Waals surface area contributed by atoms with Crippen molar-refractivity contribution < 1.29 is 14.4 Å². The fourth-order valence-electron chi connectivity index (χ4n) is 2.26. The van der Waals surface area contributed by atoms with Crippen LogP contribution < -0.4 is 10.2 Å². The molecule has 0 saturated heterocycles. The van der Waals surface area contributed by atoms with Gasteiger partial charge in [-0.1, -0.05) is 41.9 Å². The van der Waals surface area contributed by atoms with Crippen LogP contribution in [0.1, 0.15) is 10.4 Å². The predicted molar refractivity (Wildman–Crippen MR) is 100 cm³/mol. The molecule has 0 aliphatic rings. The summed E-state index contributed by atoms with van der Waals surface area (Å²) >= 11 is 5.90. The van der Waals surface area contributed by atoms with Crippen LogP contribution >= 0.6 is 11.6 Å². The van der Waals surface area contributed by atoms with Gasteiger partial charge >= 0.3 is 0 Å². The van der Waals surface area contributed by atoms with Gasteiger partial charge in [0, 0.05) is 23.0 Å². The van der Waals surface area contributed by atoms with Gasteiger partial charge in [0.15, 0.2) is 0 Å². The number of halogens is 1. The van der Waals surface area contributed by atoms with Gasteiger partial charge in [-0.25, -0.2) is 5.48 Å². The number of hydrogen-bond acceptors (Lipinski definition) is 4. The van der Waals surface area contributed by atoms with E-state index in [1.165, 1.54) is 6.20 Å². The normalized spacial score (nSPS) is 10.3. The van der Waals surface area contributed by atoms with Crippen LogP contribution in [0.2, 0.25) is 5.02 Å². The second kappa shape index (κ2) is 8.99. The minimum absolute atomic E-state index is 0.227. The molecule has 6 heteroatoms. The maximum atomic E-state index is 12.2. The number of nitrogens with one attached hydrogen (secondary N) is 1. The van der Waals surface area contributed by atoms with Crippen molar-refractivity contribution in [3.63, 3.8) is 0 Å². The molecule has 0 bridgehead atoms. The van der Waals surface area contributed by atoms with Crippen LogP contribution in [0, 0.1) is 0 Å². The van der Waals surface area contributed by atoms with E-state index in [9.17, 15) is 4.79 Å². The molecule has 0 aliphatic carbocycles. The molecule has 2 aromatic carbocycles. The van der Waals surface area contributed by atoms with E-state index in [2.05, 4.69) is 10.5 Å². The summed E-state index contributed by atoms with van der Waals surface area (Å²) in [5, 5.41) is 0.654. The fraction of sp³-hybridized carbons (Fsp3) is 0.100. The smallest absolute Gasteiger partial charge is 0.276 e. The zero-order valence-corrected chi connectivity index (χ0v) is 14.6. The molecule has 0 fully saturated rings. The lowest BCUT2D eigenvalue weighted by Crippen LogP contribution is -2.26. The average Bonchev–Trinajstić information content (AvgIpc) is 2.69. The van der Waals surface area contributed by atoms with Gasteiger partial charge < -0.3 is 4.74 Å². The number of aromatic nitrogens is 1. The summed E-state index contributed by atoms with van der Waals surface area (Å²) in [7, 11) is 0. The zero-order chi connectivity index (χ0) is 18.2. The Bertz CT molecular complexity index is 854. The van der Waals surface area contributed by atoms with Gasteiger partial charge in [0.2, 0.25) is 0 Å². The van der Waals surface area contributed by atoms with Crippen LogP contribution in [-0.2, 0) is 4.84 Å². The van der Waals surface area contributed by atoms with E-state index in [4.69, 9.17) is 21.2 Å². The standard InChI is InChI=1S/C20H17ClN2O3/c21-18-8-6-15(7-9-18)16-12-17(14-22-13-16)20(24)23-26-11-10-25-19-4-2-1-3-5-19/h1-9,12-14H,10-11H2,(H,23,24). The van der Waals surface area contributed by atoms with E-state index in [1.54, 1.807) is 24.4 Å². The molecular weight excluding hydrogens is 352 g/mol. The lowest BCUT2D eigenvalue weighted by atomic mass is 10.1. The highest BCUT2D eigenvalue weighted by molar-refractivity contribution is 6.30. The number of ether oxygens (including phenoxy) is 1. The van der Waals surface area contributed by atoms with Crippen molar-refractivity contribution in [2.75, 3.05) is 13.2 Å². The zero-order valence-electron chi connectivity index (χ0n) is 13.9. The first kappa shape index (κ1) is 17.9. The van der Waals surface area contributed by atoms with E-state index in [0.717, 1.165) is 16.9 Å². The molecule has 1 aromatic heterocycles. The topological polar surface area (TPSA) is 60.5 Å². The third kappa shape index (κ3) is 5.05. The van der Waals surface area contributed by atoms with Crippen molar-refractivity contribution in [2.24, 2.45) is 0 Å². The Hall–Kier alpha value is -2.89. The van der Waals surface area contributed by atoms with E-state index < -0.39 is 0 Å². The van der Waals surface area contributed by atoms with E-state index >= 15 is 0 Å². The Kier molecular flexibility index (Phi) is 6.19. The number of carbonyl (C=O) groups is 1. The first-order valence-electron chi connectivity index (χ1n) is 8.03. The van der Waals surface area contributed by atoms with Crippen LogP contribution in [0.5, 0.6) is 5.75 Å². The predicted octanol–water partition coefficient (Wildman–Crippen LogP) is 4.14. The molecule has 1 amide bonds. The van der Waals surface area contributed by atoms with Crippen LogP contribution in [-0.4, -0.2) is 24.1 Å². The molecule has 3 rings (SSSR count).